The molecule has 0 aliphatic heterocycles. The molecule has 1 aromatic rings. The number of allylic oxidation sites excluding steroid dienone is 2. The maximum Gasteiger partial charge on any atom is -0.0162 e. The summed E-state index contributed by atoms with van der Waals surface area (Å²) >= 11 is 0. The van der Waals surface area contributed by atoms with E-state index in [1.54, 1.807) is 0 Å². The highest BCUT2D eigenvalue weighted by Gasteiger charge is 1.94. The van der Waals surface area contributed by atoms with E-state index in [4.69, 9.17) is 0 Å². The smallest absolute Gasteiger partial charge is 0.0162 e. The molecule has 0 bridgehead atoms. The van der Waals surface area contributed by atoms with E-state index in [-0.39, 0.29) is 0 Å². The zero-order valence-corrected chi connectivity index (χ0v) is 14.3. The minimum absolute atomic E-state index is 1.05. The quantitative estimate of drug-likeness (QED) is 0.463. The molecule has 0 atom stereocenters. The van der Waals surface area contributed by atoms with Gasteiger partial charge in [0, 0.05) is 0 Å². The Morgan fingerprint density at radius 2 is 0.895 bits per heavy atom. The first kappa shape index (κ1) is 22.8. The molecule has 1 aliphatic carbocycles. The fourth-order valence-corrected chi connectivity index (χ4v) is 1.28. The van der Waals surface area contributed by atoms with E-state index in [2.05, 4.69) is 48.6 Å². The monoisotopic (exact) mass is 262 g/mol. The van der Waals surface area contributed by atoms with Gasteiger partial charge in [-0.2, -0.15) is 0 Å². The highest BCUT2D eigenvalue weighted by atomic mass is 14.0. The summed E-state index contributed by atoms with van der Waals surface area (Å²) in [4.78, 5) is 0. The molecule has 0 spiro atoms. The maximum absolute atomic E-state index is 2.18. The van der Waals surface area contributed by atoms with Gasteiger partial charge in [-0.25, -0.2) is 0 Å². The molecule has 19 heavy (non-hydrogen) atoms. The SMILES string of the molecule is C1=Cc2ccccc2C=CC1.CC.CC.CC.CC. The summed E-state index contributed by atoms with van der Waals surface area (Å²) < 4.78 is 0. The molecule has 0 amide bonds. The molecule has 0 aromatic heterocycles. The largest absolute Gasteiger partial charge is 0.0801 e. The molecule has 1 aliphatic rings. The molecule has 0 heteroatoms. The van der Waals surface area contributed by atoms with Crippen molar-refractivity contribution in [1.29, 1.82) is 0 Å². The van der Waals surface area contributed by atoms with Crippen molar-refractivity contribution in [2.24, 2.45) is 0 Å². The van der Waals surface area contributed by atoms with Crippen LogP contribution in [0.5, 0.6) is 0 Å². The van der Waals surface area contributed by atoms with Crippen molar-refractivity contribution in [2.75, 3.05) is 0 Å². The first-order valence-electron chi connectivity index (χ1n) is 7.89. The van der Waals surface area contributed by atoms with Crippen LogP contribution in [0.15, 0.2) is 36.4 Å². The number of rotatable bonds is 0. The maximum atomic E-state index is 2.18. The van der Waals surface area contributed by atoms with Crippen LogP contribution in [0, 0.1) is 0 Å². The van der Waals surface area contributed by atoms with Crippen molar-refractivity contribution in [3.8, 4) is 0 Å². The second-order valence-corrected chi connectivity index (χ2v) is 2.67. The molecule has 0 fully saturated rings. The van der Waals surface area contributed by atoms with Crippen LogP contribution in [0.3, 0.4) is 0 Å². The van der Waals surface area contributed by atoms with Crippen LogP contribution in [0.1, 0.15) is 72.9 Å². The highest BCUT2D eigenvalue weighted by Crippen LogP contribution is 2.15. The van der Waals surface area contributed by atoms with Crippen molar-refractivity contribution in [3.05, 3.63) is 47.5 Å². The summed E-state index contributed by atoms with van der Waals surface area (Å²) in [6.45, 7) is 16.0. The highest BCUT2D eigenvalue weighted by molar-refractivity contribution is 5.67. The van der Waals surface area contributed by atoms with Gasteiger partial charge in [-0.1, -0.05) is 104 Å². The third-order valence-electron chi connectivity index (χ3n) is 1.86. The molecular weight excluding hydrogens is 228 g/mol. The Hall–Kier alpha value is -1.30. The Balaban J connectivity index is -0.000000278. The van der Waals surface area contributed by atoms with E-state index in [0.717, 1.165) is 6.42 Å². The number of hydrogen-bond donors (Lipinski definition) is 0. The fraction of sp³-hybridized carbons (Fsp3) is 0.474. The third kappa shape index (κ3) is 11.5. The molecule has 0 saturated carbocycles. The average Bonchev–Trinajstić information content (AvgIpc) is 2.80. The summed E-state index contributed by atoms with van der Waals surface area (Å²) in [5.74, 6) is 0. The van der Waals surface area contributed by atoms with Gasteiger partial charge >= 0.3 is 0 Å². The minimum atomic E-state index is 1.05. The van der Waals surface area contributed by atoms with Gasteiger partial charge in [0.1, 0.15) is 0 Å². The molecule has 0 saturated heterocycles. The second-order valence-electron chi connectivity index (χ2n) is 2.67. The summed E-state index contributed by atoms with van der Waals surface area (Å²) in [5.41, 5.74) is 2.64. The first-order valence-corrected chi connectivity index (χ1v) is 7.89. The molecule has 0 N–H and O–H groups in total. The standard InChI is InChI=1S/C11H10.4C2H6/c1-2-6-10-8-4-5-9-11(10)7-3-1;4*1-2/h2-9H,1H2;4*1-2H3. The number of fused-ring (bicyclic) bond motifs is 1. The van der Waals surface area contributed by atoms with Gasteiger partial charge in [-0.05, 0) is 17.5 Å². The van der Waals surface area contributed by atoms with Crippen molar-refractivity contribution in [3.63, 3.8) is 0 Å². The first-order chi connectivity index (χ1) is 9.47. The molecular formula is C19H34. The predicted molar refractivity (Wildman–Crippen MR) is 94.5 cm³/mol. The van der Waals surface area contributed by atoms with E-state index in [0.29, 0.717) is 0 Å². The lowest BCUT2D eigenvalue weighted by Gasteiger charge is -1.96. The molecule has 0 heterocycles. The zero-order chi connectivity index (χ0) is 15.5. The van der Waals surface area contributed by atoms with Crippen LogP contribution < -0.4 is 0 Å². The van der Waals surface area contributed by atoms with E-state index in [1.165, 1.54) is 11.1 Å². The predicted octanol–water partition coefficient (Wildman–Crippen LogP) is 7.22. The van der Waals surface area contributed by atoms with Crippen LogP contribution in [0.2, 0.25) is 0 Å². The molecule has 0 unspecified atom stereocenters. The van der Waals surface area contributed by atoms with Crippen LogP contribution >= 0.6 is 0 Å². The van der Waals surface area contributed by atoms with Crippen LogP contribution in [0.4, 0.5) is 0 Å². The van der Waals surface area contributed by atoms with E-state index in [1.807, 2.05) is 55.4 Å². The second kappa shape index (κ2) is 21.9. The molecule has 0 nitrogen and oxygen atoms in total. The number of benzene rings is 1. The van der Waals surface area contributed by atoms with E-state index >= 15 is 0 Å². The molecule has 0 radical (unpaired) electrons. The summed E-state index contributed by atoms with van der Waals surface area (Å²) in [6, 6.07) is 8.42. The van der Waals surface area contributed by atoms with Gasteiger partial charge in [-0.3, -0.25) is 0 Å². The normalized spacial score (nSPS) is 9.47. The Morgan fingerprint density at radius 3 is 1.21 bits per heavy atom. The van der Waals surface area contributed by atoms with Crippen LogP contribution in [-0.2, 0) is 0 Å². The van der Waals surface area contributed by atoms with Gasteiger partial charge in [0.25, 0.3) is 0 Å². The van der Waals surface area contributed by atoms with Gasteiger partial charge in [0.2, 0.25) is 0 Å². The van der Waals surface area contributed by atoms with Crippen LogP contribution in [0.25, 0.3) is 12.2 Å². The fourth-order valence-electron chi connectivity index (χ4n) is 1.28. The van der Waals surface area contributed by atoms with Crippen molar-refractivity contribution in [2.45, 2.75) is 61.8 Å². The summed E-state index contributed by atoms with van der Waals surface area (Å²) in [7, 11) is 0. The molecule has 1 aromatic carbocycles. The van der Waals surface area contributed by atoms with Crippen LogP contribution in [-0.4, -0.2) is 0 Å². The Bertz CT molecular complexity index is 275. The number of hydrogen-bond acceptors (Lipinski definition) is 0. The Labute approximate surface area is 122 Å². The third-order valence-corrected chi connectivity index (χ3v) is 1.86. The van der Waals surface area contributed by atoms with E-state index < -0.39 is 0 Å². The van der Waals surface area contributed by atoms with E-state index in [9.17, 15) is 0 Å². The lowest BCUT2D eigenvalue weighted by atomic mass is 10.1. The average molecular weight is 262 g/mol. The molecule has 2 rings (SSSR count). The topological polar surface area (TPSA) is 0 Å². The Kier molecular flexibility index (Phi) is 26.4. The zero-order valence-electron chi connectivity index (χ0n) is 14.3. The summed E-state index contributed by atoms with van der Waals surface area (Å²) in [6.07, 6.45) is 9.77. The minimum Gasteiger partial charge on any atom is -0.0801 e. The van der Waals surface area contributed by atoms with Crippen molar-refractivity contribution >= 4 is 12.2 Å². The Morgan fingerprint density at radius 1 is 0.579 bits per heavy atom. The molecule has 110 valence electrons. The van der Waals surface area contributed by atoms with Crippen molar-refractivity contribution in [1.82, 2.24) is 0 Å². The van der Waals surface area contributed by atoms with Crippen molar-refractivity contribution < 1.29 is 0 Å². The lowest BCUT2D eigenvalue weighted by Crippen LogP contribution is -1.76. The van der Waals surface area contributed by atoms with Gasteiger partial charge in [-0.15, -0.1) is 0 Å². The van der Waals surface area contributed by atoms with Gasteiger partial charge in [0.15, 0.2) is 0 Å². The van der Waals surface area contributed by atoms with Gasteiger partial charge < -0.3 is 0 Å². The summed E-state index contributed by atoms with van der Waals surface area (Å²) in [5, 5.41) is 0. The lowest BCUT2D eigenvalue weighted by molar-refractivity contribution is 1.44. The van der Waals surface area contributed by atoms with Gasteiger partial charge in [0.05, 0.1) is 0 Å².